The molecule has 0 aliphatic carbocycles. The summed E-state index contributed by atoms with van der Waals surface area (Å²) >= 11 is 0. The first kappa shape index (κ1) is 12.2. The lowest BCUT2D eigenvalue weighted by Gasteiger charge is -2.17. The van der Waals surface area contributed by atoms with Crippen molar-refractivity contribution in [3.63, 3.8) is 0 Å². The third-order valence-corrected chi connectivity index (χ3v) is 2.94. The van der Waals surface area contributed by atoms with Gasteiger partial charge in [0.15, 0.2) is 0 Å². The van der Waals surface area contributed by atoms with Crippen LogP contribution in [0.1, 0.15) is 15.9 Å². The third kappa shape index (κ3) is 2.07. The van der Waals surface area contributed by atoms with E-state index in [-0.39, 0.29) is 5.91 Å². The minimum atomic E-state index is -0.163. The predicted octanol–water partition coefficient (Wildman–Crippen LogP) is 1.59. The number of anilines is 2. The van der Waals surface area contributed by atoms with E-state index in [2.05, 4.69) is 5.10 Å². The maximum absolute atomic E-state index is 12.3. The number of rotatable bonds is 2. The van der Waals surface area contributed by atoms with Gasteiger partial charge in [-0.3, -0.25) is 9.48 Å². The first-order valence-electron chi connectivity index (χ1n) is 5.63. The molecule has 2 aromatic rings. The van der Waals surface area contributed by atoms with Crippen LogP contribution in [0.2, 0.25) is 0 Å². The van der Waals surface area contributed by atoms with Gasteiger partial charge in [0.1, 0.15) is 11.4 Å². The highest BCUT2D eigenvalue weighted by Gasteiger charge is 2.18. The smallest absolute Gasteiger partial charge is 0.263 e. The third-order valence-electron chi connectivity index (χ3n) is 2.94. The van der Waals surface area contributed by atoms with E-state index in [1.165, 1.54) is 10.9 Å². The number of benzene rings is 1. The number of carbonyl (C=O) groups excluding carboxylic acids is 1. The molecule has 94 valence electrons. The normalized spacial score (nSPS) is 10.4. The van der Waals surface area contributed by atoms with Gasteiger partial charge < -0.3 is 10.6 Å². The highest BCUT2D eigenvalue weighted by Crippen LogP contribution is 2.18. The Morgan fingerprint density at radius 3 is 2.44 bits per heavy atom. The second-order valence-electron chi connectivity index (χ2n) is 4.27. The zero-order valence-electron chi connectivity index (χ0n) is 10.7. The SMILES string of the molecule is Cc1ccc(N(C)C(=O)c2cnn(C)c2N)cc1. The fourth-order valence-electron chi connectivity index (χ4n) is 1.68. The fourth-order valence-corrected chi connectivity index (χ4v) is 1.68. The van der Waals surface area contributed by atoms with Crippen molar-refractivity contribution in [1.82, 2.24) is 9.78 Å². The van der Waals surface area contributed by atoms with Crippen LogP contribution in [-0.4, -0.2) is 22.7 Å². The number of nitrogen functional groups attached to an aromatic ring is 1. The van der Waals surface area contributed by atoms with E-state index in [4.69, 9.17) is 5.73 Å². The molecule has 1 heterocycles. The Morgan fingerprint density at radius 2 is 1.94 bits per heavy atom. The number of aryl methyl sites for hydroxylation is 2. The van der Waals surface area contributed by atoms with Gasteiger partial charge in [0, 0.05) is 19.8 Å². The van der Waals surface area contributed by atoms with Crippen molar-refractivity contribution in [3.8, 4) is 0 Å². The van der Waals surface area contributed by atoms with Gasteiger partial charge in [-0.05, 0) is 19.1 Å². The molecule has 0 fully saturated rings. The minimum absolute atomic E-state index is 0.163. The zero-order valence-corrected chi connectivity index (χ0v) is 10.7. The molecule has 2 N–H and O–H groups in total. The van der Waals surface area contributed by atoms with Crippen LogP contribution in [-0.2, 0) is 7.05 Å². The number of aromatic nitrogens is 2. The predicted molar refractivity (Wildman–Crippen MR) is 71.5 cm³/mol. The van der Waals surface area contributed by atoms with Crippen LogP contribution >= 0.6 is 0 Å². The summed E-state index contributed by atoms with van der Waals surface area (Å²) in [7, 11) is 3.43. The first-order chi connectivity index (χ1) is 8.50. The van der Waals surface area contributed by atoms with Crippen molar-refractivity contribution in [3.05, 3.63) is 41.6 Å². The fraction of sp³-hybridized carbons (Fsp3) is 0.231. The maximum atomic E-state index is 12.3. The van der Waals surface area contributed by atoms with Crippen LogP contribution < -0.4 is 10.6 Å². The molecule has 0 saturated carbocycles. The molecular weight excluding hydrogens is 228 g/mol. The second-order valence-corrected chi connectivity index (χ2v) is 4.27. The van der Waals surface area contributed by atoms with Gasteiger partial charge in [0.25, 0.3) is 5.91 Å². The number of nitrogens with zero attached hydrogens (tertiary/aromatic N) is 3. The lowest BCUT2D eigenvalue weighted by molar-refractivity contribution is 0.0994. The molecule has 18 heavy (non-hydrogen) atoms. The molecule has 0 unspecified atom stereocenters. The average molecular weight is 244 g/mol. The molecule has 0 radical (unpaired) electrons. The van der Waals surface area contributed by atoms with Crippen molar-refractivity contribution < 1.29 is 4.79 Å². The Morgan fingerprint density at radius 1 is 1.33 bits per heavy atom. The van der Waals surface area contributed by atoms with Crippen LogP contribution in [0.3, 0.4) is 0 Å². The van der Waals surface area contributed by atoms with Crippen molar-refractivity contribution >= 4 is 17.4 Å². The van der Waals surface area contributed by atoms with Gasteiger partial charge >= 0.3 is 0 Å². The number of amides is 1. The monoisotopic (exact) mass is 244 g/mol. The highest BCUT2D eigenvalue weighted by molar-refractivity contribution is 6.08. The lowest BCUT2D eigenvalue weighted by atomic mass is 10.2. The summed E-state index contributed by atoms with van der Waals surface area (Å²) in [4.78, 5) is 13.8. The van der Waals surface area contributed by atoms with E-state index in [1.54, 1.807) is 19.0 Å². The second kappa shape index (κ2) is 4.52. The molecule has 0 aliphatic rings. The number of hydrogen-bond donors (Lipinski definition) is 1. The summed E-state index contributed by atoms with van der Waals surface area (Å²) < 4.78 is 1.48. The molecule has 2 rings (SSSR count). The summed E-state index contributed by atoms with van der Waals surface area (Å²) in [5.41, 5.74) is 8.19. The van der Waals surface area contributed by atoms with Crippen LogP contribution in [0.15, 0.2) is 30.5 Å². The molecule has 1 amide bonds. The largest absolute Gasteiger partial charge is 0.383 e. The molecule has 5 heteroatoms. The summed E-state index contributed by atoms with van der Waals surface area (Å²) in [6.07, 6.45) is 1.49. The Bertz CT molecular complexity index is 571. The number of nitrogens with two attached hydrogens (primary N) is 1. The molecule has 0 bridgehead atoms. The van der Waals surface area contributed by atoms with Crippen LogP contribution in [0.4, 0.5) is 11.5 Å². The lowest BCUT2D eigenvalue weighted by Crippen LogP contribution is -2.26. The van der Waals surface area contributed by atoms with Crippen molar-refractivity contribution in [2.45, 2.75) is 6.92 Å². The van der Waals surface area contributed by atoms with Gasteiger partial charge in [-0.1, -0.05) is 17.7 Å². The summed E-state index contributed by atoms with van der Waals surface area (Å²) in [6, 6.07) is 7.73. The standard InChI is InChI=1S/C13H16N4O/c1-9-4-6-10(7-5-9)16(2)13(18)11-8-15-17(3)12(11)14/h4-8H,14H2,1-3H3. The van der Waals surface area contributed by atoms with E-state index in [0.717, 1.165) is 11.3 Å². The molecular formula is C13H16N4O. The Labute approximate surface area is 106 Å². The van der Waals surface area contributed by atoms with Gasteiger partial charge in [0.05, 0.1) is 6.20 Å². The molecule has 5 nitrogen and oxygen atoms in total. The number of carbonyl (C=O) groups is 1. The topological polar surface area (TPSA) is 64.2 Å². The maximum Gasteiger partial charge on any atom is 0.263 e. The van der Waals surface area contributed by atoms with Crippen LogP contribution in [0, 0.1) is 6.92 Å². The van der Waals surface area contributed by atoms with Crippen molar-refractivity contribution in [2.75, 3.05) is 17.7 Å². The van der Waals surface area contributed by atoms with Gasteiger partial charge in [-0.15, -0.1) is 0 Å². The molecule has 0 saturated heterocycles. The summed E-state index contributed by atoms with van der Waals surface area (Å²) in [5.74, 6) is 0.211. The highest BCUT2D eigenvalue weighted by atomic mass is 16.2. The molecule has 1 aromatic heterocycles. The van der Waals surface area contributed by atoms with Crippen molar-refractivity contribution in [2.24, 2.45) is 7.05 Å². The minimum Gasteiger partial charge on any atom is -0.383 e. The van der Waals surface area contributed by atoms with E-state index in [1.807, 2.05) is 31.2 Å². The Balaban J connectivity index is 2.29. The number of hydrogen-bond acceptors (Lipinski definition) is 3. The quantitative estimate of drug-likeness (QED) is 0.872. The first-order valence-corrected chi connectivity index (χ1v) is 5.63. The van der Waals surface area contributed by atoms with Gasteiger partial charge in [-0.2, -0.15) is 5.10 Å². The molecule has 1 aromatic carbocycles. The molecule has 0 spiro atoms. The van der Waals surface area contributed by atoms with E-state index in [0.29, 0.717) is 11.4 Å². The summed E-state index contributed by atoms with van der Waals surface area (Å²) in [6.45, 7) is 2.00. The van der Waals surface area contributed by atoms with E-state index in [9.17, 15) is 4.79 Å². The van der Waals surface area contributed by atoms with E-state index >= 15 is 0 Å². The Kier molecular flexibility index (Phi) is 3.06. The van der Waals surface area contributed by atoms with Crippen molar-refractivity contribution in [1.29, 1.82) is 0 Å². The average Bonchev–Trinajstić information content (AvgIpc) is 2.69. The molecule has 0 atom stereocenters. The zero-order chi connectivity index (χ0) is 13.3. The van der Waals surface area contributed by atoms with Gasteiger partial charge in [-0.25, -0.2) is 0 Å². The van der Waals surface area contributed by atoms with Crippen LogP contribution in [0.5, 0.6) is 0 Å². The van der Waals surface area contributed by atoms with E-state index < -0.39 is 0 Å². The van der Waals surface area contributed by atoms with Crippen LogP contribution in [0.25, 0.3) is 0 Å². The summed E-state index contributed by atoms with van der Waals surface area (Å²) in [5, 5.41) is 3.97. The Hall–Kier alpha value is -2.30. The van der Waals surface area contributed by atoms with Gasteiger partial charge in [0.2, 0.25) is 0 Å². The molecule has 0 aliphatic heterocycles.